The normalized spacial score (nSPS) is 26.8. The highest BCUT2D eigenvalue weighted by atomic mass is 16.5. The molecule has 132 valence electrons. The summed E-state index contributed by atoms with van der Waals surface area (Å²) in [6, 6.07) is 2.72. The SMILES string of the molecule is Cc1noc2nc(C3CC3)cc(C(=O)N[C@@H]3CCN4CCCC[C@H]34)c12. The number of carbonyl (C=O) groups excluding carboxylic acids is 1. The Morgan fingerprint density at radius 3 is 2.96 bits per heavy atom. The predicted octanol–water partition coefficient (Wildman–Crippen LogP) is 2.77. The van der Waals surface area contributed by atoms with Gasteiger partial charge in [0.25, 0.3) is 11.6 Å². The van der Waals surface area contributed by atoms with Crippen molar-refractivity contribution in [2.24, 2.45) is 0 Å². The molecule has 2 atom stereocenters. The van der Waals surface area contributed by atoms with Crippen LogP contribution in [0.3, 0.4) is 0 Å². The molecule has 25 heavy (non-hydrogen) atoms. The van der Waals surface area contributed by atoms with Crippen molar-refractivity contribution in [3.63, 3.8) is 0 Å². The van der Waals surface area contributed by atoms with Gasteiger partial charge in [0, 0.05) is 30.2 Å². The lowest BCUT2D eigenvalue weighted by Crippen LogP contribution is -2.46. The first-order chi connectivity index (χ1) is 12.2. The zero-order chi connectivity index (χ0) is 17.0. The van der Waals surface area contributed by atoms with E-state index in [0.29, 0.717) is 23.2 Å². The van der Waals surface area contributed by atoms with Crippen LogP contribution in [-0.2, 0) is 0 Å². The van der Waals surface area contributed by atoms with E-state index in [9.17, 15) is 4.79 Å². The van der Waals surface area contributed by atoms with Crippen molar-refractivity contribution in [2.45, 2.75) is 63.5 Å². The summed E-state index contributed by atoms with van der Waals surface area (Å²) >= 11 is 0. The third kappa shape index (κ3) is 2.63. The summed E-state index contributed by atoms with van der Waals surface area (Å²) in [6.45, 7) is 4.15. The van der Waals surface area contributed by atoms with Gasteiger partial charge in [0.05, 0.1) is 16.6 Å². The molecule has 1 amide bonds. The van der Waals surface area contributed by atoms with E-state index in [1.54, 1.807) is 0 Å². The summed E-state index contributed by atoms with van der Waals surface area (Å²) in [5.41, 5.74) is 2.89. The minimum atomic E-state index is -0.00183. The number of fused-ring (bicyclic) bond motifs is 2. The molecule has 1 aliphatic carbocycles. The standard InChI is InChI=1S/C19H24N4O2/c1-11-17-13(10-15(12-5-6-12)21-19(17)25-22-11)18(24)20-14-7-9-23-8-3-2-4-16(14)23/h10,12,14,16H,2-9H2,1H3,(H,20,24)/t14-,16-/m1/s1. The molecule has 0 unspecified atom stereocenters. The molecule has 2 aromatic heterocycles. The number of amides is 1. The lowest BCUT2D eigenvalue weighted by molar-refractivity contribution is 0.0916. The molecule has 2 saturated heterocycles. The van der Waals surface area contributed by atoms with Crippen LogP contribution in [0.25, 0.3) is 11.1 Å². The van der Waals surface area contributed by atoms with Crippen molar-refractivity contribution >= 4 is 17.0 Å². The minimum absolute atomic E-state index is 0.00183. The molecule has 0 aromatic carbocycles. The van der Waals surface area contributed by atoms with Crippen LogP contribution in [0.1, 0.15) is 66.2 Å². The predicted molar refractivity (Wildman–Crippen MR) is 93.6 cm³/mol. The summed E-state index contributed by atoms with van der Waals surface area (Å²) in [7, 11) is 0. The Labute approximate surface area is 146 Å². The molecule has 0 bridgehead atoms. The van der Waals surface area contributed by atoms with Crippen molar-refractivity contribution < 1.29 is 9.32 Å². The molecule has 6 heteroatoms. The first-order valence-electron chi connectivity index (χ1n) is 9.52. The summed E-state index contributed by atoms with van der Waals surface area (Å²) in [4.78, 5) is 20.2. The number of nitrogens with one attached hydrogen (secondary N) is 1. The highest BCUT2D eigenvalue weighted by Gasteiger charge is 2.37. The van der Waals surface area contributed by atoms with Crippen molar-refractivity contribution in [2.75, 3.05) is 13.1 Å². The molecule has 0 radical (unpaired) electrons. The third-order valence-corrected chi connectivity index (χ3v) is 6.05. The second-order valence-electron chi connectivity index (χ2n) is 7.78. The van der Waals surface area contributed by atoms with Crippen LogP contribution in [0.15, 0.2) is 10.6 Å². The average Bonchev–Trinajstić information content (AvgIpc) is 3.32. The summed E-state index contributed by atoms with van der Waals surface area (Å²) in [5, 5.41) is 8.11. The van der Waals surface area contributed by atoms with E-state index < -0.39 is 0 Å². The van der Waals surface area contributed by atoms with Gasteiger partial charge in [0.1, 0.15) is 0 Å². The lowest BCUT2D eigenvalue weighted by atomic mass is 9.98. The number of rotatable bonds is 3. The van der Waals surface area contributed by atoms with Gasteiger partial charge < -0.3 is 9.84 Å². The maximum atomic E-state index is 13.1. The largest absolute Gasteiger partial charge is 0.348 e. The van der Waals surface area contributed by atoms with E-state index in [4.69, 9.17) is 4.52 Å². The molecule has 0 spiro atoms. The van der Waals surface area contributed by atoms with Crippen LogP contribution in [0.5, 0.6) is 0 Å². The Morgan fingerprint density at radius 2 is 2.12 bits per heavy atom. The number of aromatic nitrogens is 2. The molecule has 3 aliphatic rings. The molecular weight excluding hydrogens is 316 g/mol. The van der Waals surface area contributed by atoms with Gasteiger partial charge in [-0.3, -0.25) is 9.69 Å². The maximum Gasteiger partial charge on any atom is 0.259 e. The number of pyridine rings is 1. The van der Waals surface area contributed by atoms with Gasteiger partial charge in [-0.1, -0.05) is 11.6 Å². The summed E-state index contributed by atoms with van der Waals surface area (Å²) in [6.07, 6.45) is 7.08. The average molecular weight is 340 g/mol. The number of piperidine rings is 1. The van der Waals surface area contributed by atoms with Crippen molar-refractivity contribution in [3.05, 3.63) is 23.0 Å². The number of aryl methyl sites for hydroxylation is 1. The monoisotopic (exact) mass is 340 g/mol. The van der Waals surface area contributed by atoms with Crippen LogP contribution >= 0.6 is 0 Å². The summed E-state index contributed by atoms with van der Waals surface area (Å²) in [5.74, 6) is 0.472. The Hall–Kier alpha value is -1.95. The van der Waals surface area contributed by atoms with Gasteiger partial charge >= 0.3 is 0 Å². The van der Waals surface area contributed by atoms with Gasteiger partial charge in [0.2, 0.25) is 0 Å². The zero-order valence-corrected chi connectivity index (χ0v) is 14.6. The second kappa shape index (κ2) is 5.80. The highest BCUT2D eigenvalue weighted by Crippen LogP contribution is 2.40. The first-order valence-corrected chi connectivity index (χ1v) is 9.52. The molecule has 1 N–H and O–H groups in total. The molecular formula is C19H24N4O2. The van der Waals surface area contributed by atoms with E-state index in [1.165, 1.54) is 25.8 Å². The molecule has 5 rings (SSSR count). The molecule has 6 nitrogen and oxygen atoms in total. The molecule has 2 aromatic rings. The fourth-order valence-corrected chi connectivity index (χ4v) is 4.54. The molecule has 2 aliphatic heterocycles. The molecule has 1 saturated carbocycles. The Kier molecular flexibility index (Phi) is 3.55. The quantitative estimate of drug-likeness (QED) is 0.930. The van der Waals surface area contributed by atoms with Gasteiger partial charge in [-0.2, -0.15) is 0 Å². The van der Waals surface area contributed by atoms with E-state index >= 15 is 0 Å². The van der Waals surface area contributed by atoms with Gasteiger partial charge in [-0.25, -0.2) is 4.98 Å². The van der Waals surface area contributed by atoms with Crippen LogP contribution in [0.4, 0.5) is 0 Å². The fourth-order valence-electron chi connectivity index (χ4n) is 4.54. The van der Waals surface area contributed by atoms with E-state index in [0.717, 1.165) is 42.6 Å². The highest BCUT2D eigenvalue weighted by molar-refractivity contribution is 6.06. The van der Waals surface area contributed by atoms with E-state index in [-0.39, 0.29) is 11.9 Å². The zero-order valence-electron chi connectivity index (χ0n) is 14.6. The van der Waals surface area contributed by atoms with Crippen molar-refractivity contribution in [3.8, 4) is 0 Å². The molecule has 4 heterocycles. The number of nitrogens with zero attached hydrogens (tertiary/aromatic N) is 3. The second-order valence-corrected chi connectivity index (χ2v) is 7.78. The van der Waals surface area contributed by atoms with E-state index in [1.807, 2.05) is 13.0 Å². The number of hydrogen-bond acceptors (Lipinski definition) is 5. The van der Waals surface area contributed by atoms with E-state index in [2.05, 4.69) is 20.4 Å². The fraction of sp³-hybridized carbons (Fsp3) is 0.632. The van der Waals surface area contributed by atoms with Gasteiger partial charge in [-0.05, 0) is 51.6 Å². The minimum Gasteiger partial charge on any atom is -0.348 e. The van der Waals surface area contributed by atoms with Gasteiger partial charge in [-0.15, -0.1) is 0 Å². The van der Waals surface area contributed by atoms with Crippen molar-refractivity contribution in [1.29, 1.82) is 0 Å². The first kappa shape index (κ1) is 15.3. The summed E-state index contributed by atoms with van der Waals surface area (Å²) < 4.78 is 5.36. The third-order valence-electron chi connectivity index (χ3n) is 6.05. The lowest BCUT2D eigenvalue weighted by Gasteiger charge is -2.32. The number of hydrogen-bond donors (Lipinski definition) is 1. The van der Waals surface area contributed by atoms with Crippen LogP contribution in [0, 0.1) is 6.92 Å². The number of carbonyl (C=O) groups is 1. The van der Waals surface area contributed by atoms with Crippen LogP contribution in [-0.4, -0.2) is 46.1 Å². The smallest absolute Gasteiger partial charge is 0.259 e. The topological polar surface area (TPSA) is 71.3 Å². The van der Waals surface area contributed by atoms with Crippen LogP contribution in [0.2, 0.25) is 0 Å². The van der Waals surface area contributed by atoms with Gasteiger partial charge in [0.15, 0.2) is 0 Å². The Balaban J connectivity index is 1.45. The Bertz CT molecular complexity index is 826. The van der Waals surface area contributed by atoms with Crippen molar-refractivity contribution in [1.82, 2.24) is 20.4 Å². The van der Waals surface area contributed by atoms with Crippen LogP contribution < -0.4 is 5.32 Å². The molecule has 3 fully saturated rings. The Morgan fingerprint density at radius 1 is 1.24 bits per heavy atom. The maximum absolute atomic E-state index is 13.1.